The monoisotopic (exact) mass is 280 g/mol. The molecule has 1 unspecified atom stereocenters. The van der Waals surface area contributed by atoms with Gasteiger partial charge in [-0.15, -0.1) is 0 Å². The van der Waals surface area contributed by atoms with Gasteiger partial charge in [0.1, 0.15) is 29.9 Å². The van der Waals surface area contributed by atoms with Crippen molar-refractivity contribution in [2.45, 2.75) is 6.10 Å². The summed E-state index contributed by atoms with van der Waals surface area (Å²) in [6.07, 6.45) is -0.929. The van der Waals surface area contributed by atoms with Gasteiger partial charge in [0.25, 0.3) is 0 Å². The van der Waals surface area contributed by atoms with E-state index in [2.05, 4.69) is 4.18 Å². The molecule has 1 aromatic carbocycles. The summed E-state index contributed by atoms with van der Waals surface area (Å²) in [5.41, 5.74) is -0.805. The van der Waals surface area contributed by atoms with Crippen LogP contribution in [0.2, 0.25) is 0 Å². The van der Waals surface area contributed by atoms with Crippen LogP contribution >= 0.6 is 10.9 Å². The summed E-state index contributed by atoms with van der Waals surface area (Å²) in [4.78, 5) is 11.5. The molecule has 0 spiro atoms. The van der Waals surface area contributed by atoms with E-state index in [1.807, 2.05) is 0 Å². The van der Waals surface area contributed by atoms with E-state index in [9.17, 15) is 13.6 Å². The van der Waals surface area contributed by atoms with Crippen LogP contribution in [0.25, 0.3) is 0 Å². The first kappa shape index (κ1) is 13.2. The minimum absolute atomic E-state index is 0.218. The fourth-order valence-corrected chi connectivity index (χ4v) is 2.61. The summed E-state index contributed by atoms with van der Waals surface area (Å²) >= 11 is 0. The lowest BCUT2D eigenvalue weighted by Crippen LogP contribution is -2.22. The van der Waals surface area contributed by atoms with Crippen LogP contribution in [0.5, 0.6) is 0 Å². The van der Waals surface area contributed by atoms with Gasteiger partial charge in [0, 0.05) is 0 Å². The molecule has 0 amide bonds. The molecule has 5 nitrogen and oxygen atoms in total. The van der Waals surface area contributed by atoms with Crippen molar-refractivity contribution in [1.29, 1.82) is 0 Å². The maximum atomic E-state index is 13.3. The van der Waals surface area contributed by atoms with Crippen molar-refractivity contribution in [3.05, 3.63) is 35.4 Å². The molecule has 0 bridgehead atoms. The molecular formula is C10H10F2O5S. The molecule has 100 valence electrons. The molecule has 18 heavy (non-hydrogen) atoms. The van der Waals surface area contributed by atoms with Gasteiger partial charge < -0.3 is 13.8 Å². The second-order valence-electron chi connectivity index (χ2n) is 3.68. The Balaban J connectivity index is 2.09. The van der Waals surface area contributed by atoms with Gasteiger partial charge >= 0.3 is 5.97 Å². The molecule has 1 aliphatic rings. The number of hydrogen-bond donors (Lipinski definition) is 2. The molecule has 0 radical (unpaired) electrons. The smallest absolute Gasteiger partial charge is 0.344 e. The van der Waals surface area contributed by atoms with Crippen molar-refractivity contribution in [3.63, 3.8) is 0 Å². The molecule has 1 aromatic rings. The molecule has 2 N–H and O–H groups in total. The number of rotatable bonds is 2. The van der Waals surface area contributed by atoms with E-state index < -0.39 is 40.1 Å². The minimum Gasteiger partial charge on any atom is -0.455 e. The van der Waals surface area contributed by atoms with Crippen LogP contribution in [-0.2, 0) is 8.92 Å². The van der Waals surface area contributed by atoms with Crippen LogP contribution in [-0.4, -0.2) is 33.5 Å². The van der Waals surface area contributed by atoms with Crippen molar-refractivity contribution < 1.29 is 31.6 Å². The SMILES string of the molecule is O=C(OC1COS(O)(O)C1)c1c(F)cccc1F. The number of carbonyl (C=O) groups is 1. The molecule has 0 aromatic heterocycles. The zero-order chi connectivity index (χ0) is 13.3. The Morgan fingerprint density at radius 1 is 1.39 bits per heavy atom. The van der Waals surface area contributed by atoms with Crippen molar-refractivity contribution in [3.8, 4) is 0 Å². The summed E-state index contributed by atoms with van der Waals surface area (Å²) in [6, 6.07) is 2.98. The quantitative estimate of drug-likeness (QED) is 0.812. The fourth-order valence-electron chi connectivity index (χ4n) is 1.49. The van der Waals surface area contributed by atoms with Gasteiger partial charge in [0.2, 0.25) is 0 Å². The van der Waals surface area contributed by atoms with Crippen LogP contribution in [0.4, 0.5) is 8.78 Å². The lowest BCUT2D eigenvalue weighted by molar-refractivity contribution is 0.0290. The number of esters is 1. The van der Waals surface area contributed by atoms with Crippen LogP contribution < -0.4 is 0 Å². The Kier molecular flexibility index (Phi) is 3.53. The highest BCUT2D eigenvalue weighted by molar-refractivity contribution is 8.20. The van der Waals surface area contributed by atoms with E-state index in [-0.39, 0.29) is 12.4 Å². The molecular weight excluding hydrogens is 270 g/mol. The van der Waals surface area contributed by atoms with Crippen LogP contribution in [0.15, 0.2) is 18.2 Å². The van der Waals surface area contributed by atoms with Gasteiger partial charge in [0.15, 0.2) is 0 Å². The van der Waals surface area contributed by atoms with Gasteiger partial charge in [-0.05, 0) is 12.1 Å². The van der Waals surface area contributed by atoms with Crippen molar-refractivity contribution in [2.75, 3.05) is 12.4 Å². The van der Waals surface area contributed by atoms with Gasteiger partial charge in [-0.1, -0.05) is 6.07 Å². The molecule has 2 rings (SSSR count). The van der Waals surface area contributed by atoms with Gasteiger partial charge in [-0.3, -0.25) is 4.18 Å². The van der Waals surface area contributed by atoms with Gasteiger partial charge in [-0.2, -0.15) is 0 Å². The van der Waals surface area contributed by atoms with Gasteiger partial charge in [-0.25, -0.2) is 13.6 Å². The lowest BCUT2D eigenvalue weighted by Gasteiger charge is -2.17. The Bertz CT molecular complexity index is 459. The second kappa shape index (κ2) is 4.81. The maximum Gasteiger partial charge on any atom is 0.344 e. The summed E-state index contributed by atoms with van der Waals surface area (Å²) in [5, 5.41) is 0. The van der Waals surface area contributed by atoms with E-state index in [1.54, 1.807) is 0 Å². The molecule has 1 heterocycles. The van der Waals surface area contributed by atoms with E-state index in [1.165, 1.54) is 0 Å². The molecule has 1 fully saturated rings. The molecule has 1 aliphatic heterocycles. The Morgan fingerprint density at radius 3 is 2.50 bits per heavy atom. The normalized spacial score (nSPS) is 23.7. The predicted molar refractivity (Wildman–Crippen MR) is 59.2 cm³/mol. The minimum atomic E-state index is -3.21. The molecule has 0 saturated carbocycles. The van der Waals surface area contributed by atoms with E-state index in [0.717, 1.165) is 18.2 Å². The summed E-state index contributed by atoms with van der Waals surface area (Å²) in [5.74, 6) is -3.57. The van der Waals surface area contributed by atoms with E-state index in [4.69, 9.17) is 13.8 Å². The largest absolute Gasteiger partial charge is 0.455 e. The maximum absolute atomic E-state index is 13.3. The predicted octanol–water partition coefficient (Wildman–Crippen LogP) is 2.19. The second-order valence-corrected chi connectivity index (χ2v) is 5.46. The number of hydrogen-bond acceptors (Lipinski definition) is 5. The summed E-state index contributed by atoms with van der Waals surface area (Å²) < 4.78 is 54.1. The standard InChI is InChI=1S/C10H10F2O5S/c11-7-2-1-3-8(12)9(7)10(13)17-6-4-16-18(14,15)5-6/h1-3,6,14-15H,4-5H2. The first-order valence-corrected chi connectivity index (χ1v) is 6.58. The van der Waals surface area contributed by atoms with Crippen LogP contribution in [0, 0.1) is 11.6 Å². The van der Waals surface area contributed by atoms with Crippen molar-refractivity contribution >= 4 is 16.8 Å². The molecule has 0 aliphatic carbocycles. The molecule has 1 saturated heterocycles. The highest BCUT2D eigenvalue weighted by Crippen LogP contribution is 2.46. The summed E-state index contributed by atoms with van der Waals surface area (Å²) in [6.45, 7) is -0.218. The third-order valence-electron chi connectivity index (χ3n) is 2.29. The number of benzene rings is 1. The molecule has 1 atom stereocenters. The van der Waals surface area contributed by atoms with E-state index >= 15 is 0 Å². The summed E-state index contributed by atoms with van der Waals surface area (Å²) in [7, 11) is -3.21. The number of carbonyl (C=O) groups excluding carboxylic acids is 1. The van der Waals surface area contributed by atoms with Crippen LogP contribution in [0.1, 0.15) is 10.4 Å². The first-order valence-electron chi connectivity index (χ1n) is 4.94. The average Bonchev–Trinajstić information content (AvgIpc) is 2.57. The molecule has 8 heteroatoms. The van der Waals surface area contributed by atoms with Crippen molar-refractivity contribution in [1.82, 2.24) is 0 Å². The van der Waals surface area contributed by atoms with Crippen LogP contribution in [0.3, 0.4) is 0 Å². The average molecular weight is 280 g/mol. The Labute approximate surface area is 103 Å². The van der Waals surface area contributed by atoms with E-state index in [0.29, 0.717) is 0 Å². The highest BCUT2D eigenvalue weighted by atomic mass is 32.3. The highest BCUT2D eigenvalue weighted by Gasteiger charge is 2.36. The zero-order valence-electron chi connectivity index (χ0n) is 9.01. The number of halogens is 2. The lowest BCUT2D eigenvalue weighted by atomic mass is 10.2. The third-order valence-corrected chi connectivity index (χ3v) is 3.61. The Morgan fingerprint density at radius 2 is 2.00 bits per heavy atom. The zero-order valence-corrected chi connectivity index (χ0v) is 9.82. The first-order chi connectivity index (χ1) is 8.39. The van der Waals surface area contributed by atoms with Crippen molar-refractivity contribution in [2.24, 2.45) is 0 Å². The topological polar surface area (TPSA) is 76.0 Å². The van der Waals surface area contributed by atoms with Gasteiger partial charge in [0.05, 0.1) is 16.6 Å². The number of ether oxygens (including phenoxy) is 1. The fraction of sp³-hybridized carbons (Fsp3) is 0.300. The Hall–Kier alpha value is -1.22. The third kappa shape index (κ3) is 2.78.